The van der Waals surface area contributed by atoms with Gasteiger partial charge in [-0.25, -0.2) is 4.79 Å². The summed E-state index contributed by atoms with van der Waals surface area (Å²) < 4.78 is 1.89. The lowest BCUT2D eigenvalue weighted by Crippen LogP contribution is -2.43. The van der Waals surface area contributed by atoms with Crippen molar-refractivity contribution in [1.82, 2.24) is 24.9 Å². The van der Waals surface area contributed by atoms with E-state index in [-0.39, 0.29) is 12.1 Å². The van der Waals surface area contributed by atoms with E-state index in [1.54, 1.807) is 0 Å². The van der Waals surface area contributed by atoms with Crippen molar-refractivity contribution in [2.75, 3.05) is 26.2 Å². The summed E-state index contributed by atoms with van der Waals surface area (Å²) in [6, 6.07) is 0.403. The fourth-order valence-corrected chi connectivity index (χ4v) is 3.80. The van der Waals surface area contributed by atoms with Crippen molar-refractivity contribution in [2.24, 2.45) is 7.05 Å². The van der Waals surface area contributed by atoms with Crippen LogP contribution in [0.1, 0.15) is 49.1 Å². The van der Waals surface area contributed by atoms with Crippen LogP contribution >= 0.6 is 0 Å². The minimum absolute atomic E-state index is 0.0360. The van der Waals surface area contributed by atoms with Crippen LogP contribution in [0.4, 0.5) is 4.79 Å². The number of amides is 2. The number of likely N-dealkylation sites (tertiary alicyclic amines) is 1. The van der Waals surface area contributed by atoms with Gasteiger partial charge in [-0.3, -0.25) is 4.68 Å². The number of rotatable bonds is 7. The Labute approximate surface area is 156 Å². The second kappa shape index (κ2) is 8.39. The smallest absolute Gasteiger partial charge is 0.317 e. The molecule has 2 heterocycles. The van der Waals surface area contributed by atoms with Gasteiger partial charge in [-0.05, 0) is 59.0 Å². The highest BCUT2D eigenvalue weighted by atomic mass is 16.3. The van der Waals surface area contributed by atoms with E-state index in [4.69, 9.17) is 0 Å². The molecule has 3 rings (SSSR count). The van der Waals surface area contributed by atoms with Crippen molar-refractivity contribution >= 4 is 6.03 Å². The van der Waals surface area contributed by atoms with Gasteiger partial charge in [0.25, 0.3) is 0 Å². The molecule has 7 nitrogen and oxygen atoms in total. The van der Waals surface area contributed by atoms with Crippen molar-refractivity contribution in [3.8, 4) is 0 Å². The molecule has 1 aliphatic heterocycles. The number of aliphatic hydroxyl groups is 1. The van der Waals surface area contributed by atoms with Gasteiger partial charge in [-0.2, -0.15) is 5.10 Å². The lowest BCUT2D eigenvalue weighted by molar-refractivity contribution is 0.0701. The van der Waals surface area contributed by atoms with Crippen LogP contribution in [0.3, 0.4) is 0 Å². The van der Waals surface area contributed by atoms with Crippen LogP contribution in [0.2, 0.25) is 0 Å². The molecule has 2 aliphatic rings. The summed E-state index contributed by atoms with van der Waals surface area (Å²) in [7, 11) is 1.95. The SMILES string of the molecule is Cc1nn(C)c(C)c1CN(C(=O)NCCCN1CCCC(O)C1)C1CC1. The second-order valence-corrected chi connectivity index (χ2v) is 7.81. The van der Waals surface area contributed by atoms with Gasteiger partial charge in [0.1, 0.15) is 0 Å². The van der Waals surface area contributed by atoms with Gasteiger partial charge in [0.2, 0.25) is 0 Å². The number of nitrogens with one attached hydrogen (secondary N) is 1. The number of aromatic nitrogens is 2. The molecule has 1 saturated heterocycles. The minimum atomic E-state index is -0.185. The zero-order valence-corrected chi connectivity index (χ0v) is 16.4. The first-order valence-electron chi connectivity index (χ1n) is 9.89. The zero-order chi connectivity index (χ0) is 18.7. The fraction of sp³-hybridized carbons (Fsp3) is 0.789. The highest BCUT2D eigenvalue weighted by molar-refractivity contribution is 5.75. The fourth-order valence-electron chi connectivity index (χ4n) is 3.80. The Balaban J connectivity index is 1.47. The number of nitrogens with zero attached hydrogens (tertiary/aromatic N) is 4. The summed E-state index contributed by atoms with van der Waals surface area (Å²) in [5.41, 5.74) is 3.30. The summed E-state index contributed by atoms with van der Waals surface area (Å²) in [5.74, 6) is 0. The summed E-state index contributed by atoms with van der Waals surface area (Å²) in [6.45, 7) is 8.14. The minimum Gasteiger partial charge on any atom is -0.392 e. The Morgan fingerprint density at radius 3 is 2.73 bits per heavy atom. The first-order chi connectivity index (χ1) is 12.5. The Morgan fingerprint density at radius 1 is 1.35 bits per heavy atom. The molecule has 0 radical (unpaired) electrons. The van der Waals surface area contributed by atoms with E-state index < -0.39 is 0 Å². The number of aryl methyl sites for hydroxylation is 2. The Bertz CT molecular complexity index is 626. The van der Waals surface area contributed by atoms with Crippen LogP contribution in [0.25, 0.3) is 0 Å². The molecule has 7 heteroatoms. The monoisotopic (exact) mass is 363 g/mol. The maximum absolute atomic E-state index is 12.7. The Morgan fingerprint density at radius 2 is 2.12 bits per heavy atom. The van der Waals surface area contributed by atoms with E-state index in [1.807, 2.05) is 23.6 Å². The van der Waals surface area contributed by atoms with Crippen LogP contribution in [0.5, 0.6) is 0 Å². The summed E-state index contributed by atoms with van der Waals surface area (Å²) in [6.07, 6.45) is 4.90. The number of carbonyl (C=O) groups is 1. The first kappa shape index (κ1) is 19.2. The normalized spacial score (nSPS) is 21.0. The van der Waals surface area contributed by atoms with Crippen LogP contribution in [0, 0.1) is 13.8 Å². The molecular weight excluding hydrogens is 330 g/mol. The number of piperidine rings is 1. The summed E-state index contributed by atoms with van der Waals surface area (Å²) >= 11 is 0. The highest BCUT2D eigenvalue weighted by Gasteiger charge is 2.33. The molecule has 1 atom stereocenters. The average Bonchev–Trinajstić information content (AvgIpc) is 3.40. The van der Waals surface area contributed by atoms with Crippen LogP contribution in [-0.2, 0) is 13.6 Å². The highest BCUT2D eigenvalue weighted by Crippen LogP contribution is 2.29. The molecule has 1 aromatic rings. The molecule has 2 N–H and O–H groups in total. The molecule has 1 saturated carbocycles. The summed E-state index contributed by atoms with van der Waals surface area (Å²) in [4.78, 5) is 17.0. The predicted molar refractivity (Wildman–Crippen MR) is 101 cm³/mol. The Kier molecular flexibility index (Phi) is 6.19. The molecule has 1 unspecified atom stereocenters. The van der Waals surface area contributed by atoms with E-state index in [2.05, 4.69) is 22.2 Å². The van der Waals surface area contributed by atoms with Gasteiger partial charge in [-0.15, -0.1) is 0 Å². The maximum atomic E-state index is 12.7. The van der Waals surface area contributed by atoms with Gasteiger partial charge in [0.05, 0.1) is 18.3 Å². The molecule has 2 fully saturated rings. The lowest BCUT2D eigenvalue weighted by atomic mass is 10.1. The van der Waals surface area contributed by atoms with Crippen molar-refractivity contribution in [1.29, 1.82) is 0 Å². The van der Waals surface area contributed by atoms with Crippen LogP contribution in [0.15, 0.2) is 0 Å². The van der Waals surface area contributed by atoms with Gasteiger partial charge in [-0.1, -0.05) is 0 Å². The number of urea groups is 1. The van der Waals surface area contributed by atoms with Gasteiger partial charge in [0.15, 0.2) is 0 Å². The molecule has 26 heavy (non-hydrogen) atoms. The molecule has 2 amide bonds. The van der Waals surface area contributed by atoms with Crippen molar-refractivity contribution in [2.45, 2.75) is 64.6 Å². The third kappa shape index (κ3) is 4.76. The molecule has 0 spiro atoms. The molecule has 1 aliphatic carbocycles. The second-order valence-electron chi connectivity index (χ2n) is 7.81. The van der Waals surface area contributed by atoms with E-state index >= 15 is 0 Å². The van der Waals surface area contributed by atoms with E-state index in [9.17, 15) is 9.90 Å². The number of aliphatic hydroxyl groups excluding tert-OH is 1. The third-order valence-electron chi connectivity index (χ3n) is 5.64. The third-order valence-corrected chi connectivity index (χ3v) is 5.64. The molecule has 0 aromatic carbocycles. The first-order valence-corrected chi connectivity index (χ1v) is 9.89. The number of hydrogen-bond acceptors (Lipinski definition) is 4. The van der Waals surface area contributed by atoms with E-state index in [0.717, 1.165) is 68.7 Å². The lowest BCUT2D eigenvalue weighted by Gasteiger charge is -2.30. The molecule has 0 bridgehead atoms. The van der Waals surface area contributed by atoms with Gasteiger partial charge < -0.3 is 20.2 Å². The predicted octanol–water partition coefficient (Wildman–Crippen LogP) is 1.56. The average molecular weight is 364 g/mol. The van der Waals surface area contributed by atoms with E-state index in [0.29, 0.717) is 19.1 Å². The number of carbonyl (C=O) groups excluding carboxylic acids is 1. The molecule has 1 aromatic heterocycles. The van der Waals surface area contributed by atoms with Crippen molar-refractivity contribution < 1.29 is 9.90 Å². The number of hydrogen-bond donors (Lipinski definition) is 2. The van der Waals surface area contributed by atoms with Gasteiger partial charge >= 0.3 is 6.03 Å². The molecule has 146 valence electrons. The summed E-state index contributed by atoms with van der Waals surface area (Å²) in [5, 5.41) is 17.3. The van der Waals surface area contributed by atoms with E-state index in [1.165, 1.54) is 0 Å². The standard InChI is InChI=1S/C19H33N5O2/c1-14-18(15(2)22(3)21-14)13-24(16-7-8-16)19(26)20-9-5-11-23-10-4-6-17(25)12-23/h16-17,25H,4-13H2,1-3H3,(H,20,26). The zero-order valence-electron chi connectivity index (χ0n) is 16.4. The van der Waals surface area contributed by atoms with Crippen molar-refractivity contribution in [3.63, 3.8) is 0 Å². The van der Waals surface area contributed by atoms with Crippen LogP contribution < -0.4 is 5.32 Å². The largest absolute Gasteiger partial charge is 0.392 e. The maximum Gasteiger partial charge on any atom is 0.317 e. The van der Waals surface area contributed by atoms with Crippen LogP contribution in [-0.4, -0.2) is 69.0 Å². The Hall–Kier alpha value is -1.60. The topological polar surface area (TPSA) is 73.6 Å². The number of β-amino-alcohol motifs (C(OH)–C–C–N with tert-alkyl or cyclic N) is 1. The van der Waals surface area contributed by atoms with Crippen molar-refractivity contribution in [3.05, 3.63) is 17.0 Å². The van der Waals surface area contributed by atoms with Gasteiger partial charge in [0, 0.05) is 37.4 Å². The quantitative estimate of drug-likeness (QED) is 0.721. The molecular formula is C19H33N5O2.